The monoisotopic (exact) mass is 331 g/mol. The first-order valence-corrected chi connectivity index (χ1v) is 10.0. The van der Waals surface area contributed by atoms with Crippen LogP contribution in [0.4, 0.5) is 0 Å². The maximum Gasteiger partial charge on any atom is 0.0258 e. The van der Waals surface area contributed by atoms with Crippen molar-refractivity contribution in [2.45, 2.75) is 92.5 Å². The van der Waals surface area contributed by atoms with Gasteiger partial charge >= 0.3 is 0 Å². The molecule has 1 rings (SSSR count). The van der Waals surface area contributed by atoms with Crippen molar-refractivity contribution in [3.05, 3.63) is 47.7 Å². The molecule has 0 heterocycles. The molecule has 0 aromatic heterocycles. The van der Waals surface area contributed by atoms with E-state index < -0.39 is 0 Å². The van der Waals surface area contributed by atoms with Crippen molar-refractivity contribution < 1.29 is 0 Å². The van der Waals surface area contributed by atoms with Crippen LogP contribution in [-0.4, -0.2) is 6.04 Å². The Balaban J connectivity index is 0.00000254. The summed E-state index contributed by atoms with van der Waals surface area (Å²) < 4.78 is 0. The molecule has 0 aliphatic heterocycles. The molecule has 0 amide bonds. The Bertz CT molecular complexity index is 424. The smallest absolute Gasteiger partial charge is 0.0258 e. The topological polar surface area (TPSA) is 12.0 Å². The first-order chi connectivity index (χ1) is 11.5. The predicted molar refractivity (Wildman–Crippen MR) is 111 cm³/mol. The molecule has 0 aliphatic rings. The average molecular weight is 332 g/mol. The van der Waals surface area contributed by atoms with Crippen LogP contribution in [0.2, 0.25) is 0 Å². The number of benzene rings is 1. The van der Waals surface area contributed by atoms with Crippen LogP contribution in [0, 0.1) is 5.92 Å². The van der Waals surface area contributed by atoms with Crippen molar-refractivity contribution in [3.63, 3.8) is 0 Å². The standard InChI is InChI=1S/C21H35N.C2H6/c1-7-9-21(10-8-2)22-18(6)17(5)20-13-11-19(12-14-20)15-16(3)4;1-2/h11-14,16-17,21-22H,6-10,15H2,1-5H3;1-2H3. The van der Waals surface area contributed by atoms with Crippen molar-refractivity contribution >= 4 is 0 Å². The Labute approximate surface area is 152 Å². The van der Waals surface area contributed by atoms with Crippen LogP contribution in [-0.2, 0) is 6.42 Å². The van der Waals surface area contributed by atoms with Crippen LogP contribution in [0.3, 0.4) is 0 Å². The van der Waals surface area contributed by atoms with Gasteiger partial charge in [-0.25, -0.2) is 0 Å². The molecule has 1 atom stereocenters. The lowest BCUT2D eigenvalue weighted by Gasteiger charge is -2.24. The van der Waals surface area contributed by atoms with E-state index in [1.807, 2.05) is 13.8 Å². The molecule has 138 valence electrons. The third-order valence-electron chi connectivity index (χ3n) is 4.31. The van der Waals surface area contributed by atoms with Gasteiger partial charge in [0.2, 0.25) is 0 Å². The summed E-state index contributed by atoms with van der Waals surface area (Å²) in [4.78, 5) is 0. The first-order valence-electron chi connectivity index (χ1n) is 10.0. The summed E-state index contributed by atoms with van der Waals surface area (Å²) in [6.07, 6.45) is 6.06. The van der Waals surface area contributed by atoms with E-state index in [1.54, 1.807) is 0 Å². The van der Waals surface area contributed by atoms with Crippen LogP contribution in [0.5, 0.6) is 0 Å². The zero-order valence-electron chi connectivity index (χ0n) is 17.3. The van der Waals surface area contributed by atoms with Crippen molar-refractivity contribution in [2.24, 2.45) is 5.92 Å². The summed E-state index contributed by atoms with van der Waals surface area (Å²) in [7, 11) is 0. The Morgan fingerprint density at radius 2 is 1.46 bits per heavy atom. The highest BCUT2D eigenvalue weighted by Gasteiger charge is 2.13. The molecule has 0 saturated carbocycles. The first kappa shape index (κ1) is 22.8. The van der Waals surface area contributed by atoms with E-state index in [9.17, 15) is 0 Å². The van der Waals surface area contributed by atoms with E-state index in [-0.39, 0.29) is 0 Å². The van der Waals surface area contributed by atoms with Gasteiger partial charge in [0.25, 0.3) is 0 Å². The molecule has 1 aromatic rings. The van der Waals surface area contributed by atoms with Crippen LogP contribution in [0.15, 0.2) is 36.5 Å². The van der Waals surface area contributed by atoms with Crippen molar-refractivity contribution in [2.75, 3.05) is 0 Å². The van der Waals surface area contributed by atoms with Gasteiger partial charge in [-0.2, -0.15) is 0 Å². The molecule has 0 radical (unpaired) electrons. The fourth-order valence-corrected chi connectivity index (χ4v) is 2.99. The van der Waals surface area contributed by atoms with Crippen LogP contribution in [0.1, 0.15) is 91.2 Å². The zero-order valence-corrected chi connectivity index (χ0v) is 17.3. The van der Waals surface area contributed by atoms with Gasteiger partial charge in [0, 0.05) is 17.7 Å². The fraction of sp³-hybridized carbons (Fsp3) is 0.652. The summed E-state index contributed by atoms with van der Waals surface area (Å²) >= 11 is 0. The minimum Gasteiger partial charge on any atom is -0.386 e. The summed E-state index contributed by atoms with van der Waals surface area (Å²) in [5, 5.41) is 3.67. The highest BCUT2D eigenvalue weighted by atomic mass is 14.9. The number of hydrogen-bond acceptors (Lipinski definition) is 1. The number of allylic oxidation sites excluding steroid dienone is 1. The second kappa shape index (κ2) is 13.1. The van der Waals surface area contributed by atoms with E-state index in [1.165, 1.54) is 36.8 Å². The molecule has 24 heavy (non-hydrogen) atoms. The van der Waals surface area contributed by atoms with Gasteiger partial charge in [-0.1, -0.05) is 92.2 Å². The minimum atomic E-state index is 0.365. The molecule has 1 unspecified atom stereocenters. The average Bonchev–Trinajstić information content (AvgIpc) is 2.56. The molecule has 1 N–H and O–H groups in total. The molecule has 1 nitrogen and oxygen atoms in total. The summed E-state index contributed by atoms with van der Waals surface area (Å²) in [5.74, 6) is 1.08. The van der Waals surface area contributed by atoms with Crippen LogP contribution in [0.25, 0.3) is 0 Å². The Morgan fingerprint density at radius 3 is 1.88 bits per heavy atom. The minimum absolute atomic E-state index is 0.365. The van der Waals surface area contributed by atoms with E-state index in [4.69, 9.17) is 0 Å². The van der Waals surface area contributed by atoms with Gasteiger partial charge in [0.15, 0.2) is 0 Å². The summed E-state index contributed by atoms with van der Waals surface area (Å²) in [5.41, 5.74) is 3.94. The highest BCUT2D eigenvalue weighted by Crippen LogP contribution is 2.23. The van der Waals surface area contributed by atoms with Gasteiger partial charge in [0.05, 0.1) is 0 Å². The summed E-state index contributed by atoms with van der Waals surface area (Å²) in [6, 6.07) is 9.65. The molecular formula is C23H41N. The van der Waals surface area contributed by atoms with Crippen molar-refractivity contribution in [1.29, 1.82) is 0 Å². The molecular weight excluding hydrogens is 290 g/mol. The molecule has 0 aliphatic carbocycles. The lowest BCUT2D eigenvalue weighted by Crippen LogP contribution is -2.29. The maximum absolute atomic E-state index is 4.30. The van der Waals surface area contributed by atoms with Crippen molar-refractivity contribution in [1.82, 2.24) is 5.32 Å². The number of hydrogen-bond donors (Lipinski definition) is 1. The lowest BCUT2D eigenvalue weighted by atomic mass is 9.94. The van der Waals surface area contributed by atoms with E-state index >= 15 is 0 Å². The Kier molecular flexibility index (Phi) is 12.4. The van der Waals surface area contributed by atoms with Gasteiger partial charge in [-0.3, -0.25) is 0 Å². The van der Waals surface area contributed by atoms with Crippen LogP contribution < -0.4 is 5.32 Å². The van der Waals surface area contributed by atoms with Gasteiger partial charge in [-0.15, -0.1) is 0 Å². The van der Waals surface area contributed by atoms with Gasteiger partial charge < -0.3 is 5.32 Å². The SMILES string of the molecule is C=C(NC(CCC)CCC)C(C)c1ccc(CC(C)C)cc1.CC. The molecule has 1 aromatic carbocycles. The van der Waals surface area contributed by atoms with E-state index in [2.05, 4.69) is 70.8 Å². The second-order valence-electron chi connectivity index (χ2n) is 7.01. The lowest BCUT2D eigenvalue weighted by molar-refractivity contribution is 0.470. The maximum atomic E-state index is 4.30. The molecule has 1 heteroatoms. The predicted octanol–water partition coefficient (Wildman–Crippen LogP) is 7.09. The largest absolute Gasteiger partial charge is 0.386 e. The van der Waals surface area contributed by atoms with Crippen LogP contribution >= 0.6 is 0 Å². The molecule has 0 saturated heterocycles. The fourth-order valence-electron chi connectivity index (χ4n) is 2.99. The third kappa shape index (κ3) is 8.57. The van der Waals surface area contributed by atoms with E-state index in [0.717, 1.165) is 12.1 Å². The molecule has 0 bridgehead atoms. The Hall–Kier alpha value is -1.24. The van der Waals surface area contributed by atoms with E-state index in [0.29, 0.717) is 17.9 Å². The Morgan fingerprint density at radius 1 is 0.958 bits per heavy atom. The third-order valence-corrected chi connectivity index (χ3v) is 4.31. The second-order valence-corrected chi connectivity index (χ2v) is 7.01. The summed E-state index contributed by atoms with van der Waals surface area (Å²) in [6.45, 7) is 19.6. The highest BCUT2D eigenvalue weighted by molar-refractivity contribution is 5.30. The molecule has 0 fully saturated rings. The quantitative estimate of drug-likeness (QED) is 0.482. The molecule has 0 spiro atoms. The zero-order chi connectivity index (χ0) is 18.5. The number of nitrogens with one attached hydrogen (secondary N) is 1. The van der Waals surface area contributed by atoms with Gasteiger partial charge in [-0.05, 0) is 36.3 Å². The van der Waals surface area contributed by atoms with Gasteiger partial charge in [0.1, 0.15) is 0 Å². The normalized spacial score (nSPS) is 11.9. The number of rotatable bonds is 10. The van der Waals surface area contributed by atoms with Crippen molar-refractivity contribution in [3.8, 4) is 0 Å².